The van der Waals surface area contributed by atoms with E-state index in [0.29, 0.717) is 17.6 Å². The average Bonchev–Trinajstić information content (AvgIpc) is 3.23. The normalized spacial score (nSPS) is 22.3. The highest BCUT2D eigenvalue weighted by Crippen LogP contribution is 2.31. The molecule has 0 spiro atoms. The molecule has 0 unspecified atom stereocenters. The lowest BCUT2D eigenvalue weighted by molar-refractivity contribution is -0.137. The molecule has 4 nitrogen and oxygen atoms in total. The van der Waals surface area contributed by atoms with E-state index in [1.165, 1.54) is 17.7 Å². The minimum absolute atomic E-state index is 0.0484. The Labute approximate surface area is 197 Å². The number of piperidine rings is 1. The third kappa shape index (κ3) is 6.42. The van der Waals surface area contributed by atoms with E-state index in [4.69, 9.17) is 11.6 Å². The van der Waals surface area contributed by atoms with Crippen molar-refractivity contribution in [2.75, 3.05) is 18.4 Å². The van der Waals surface area contributed by atoms with Gasteiger partial charge in [0.15, 0.2) is 0 Å². The maximum atomic E-state index is 12.7. The number of likely N-dealkylation sites (tertiary alicyclic amines) is 1. The first-order chi connectivity index (χ1) is 15.8. The number of anilines is 1. The van der Waals surface area contributed by atoms with Gasteiger partial charge in [-0.05, 0) is 99.5 Å². The summed E-state index contributed by atoms with van der Waals surface area (Å²) in [4.78, 5) is 15.0. The molecule has 4 rings (SSSR count). The number of carbonyl (C=O) groups excluding carboxylic acids is 1. The molecule has 1 aliphatic carbocycles. The Balaban J connectivity index is 1.26. The molecular weight excluding hydrogens is 451 g/mol. The highest BCUT2D eigenvalue weighted by Gasteiger charge is 2.35. The summed E-state index contributed by atoms with van der Waals surface area (Å²) >= 11 is 5.98. The van der Waals surface area contributed by atoms with Gasteiger partial charge in [-0.3, -0.25) is 4.90 Å². The number of amides is 2. The summed E-state index contributed by atoms with van der Waals surface area (Å²) in [5, 5.41) is 6.47. The van der Waals surface area contributed by atoms with Crippen LogP contribution in [0.2, 0.25) is 5.02 Å². The second-order valence-corrected chi connectivity index (χ2v) is 9.52. The van der Waals surface area contributed by atoms with Crippen molar-refractivity contribution in [1.29, 1.82) is 0 Å². The molecule has 8 heteroatoms. The maximum absolute atomic E-state index is 12.7. The highest BCUT2D eigenvalue weighted by molar-refractivity contribution is 6.30. The first-order valence-corrected chi connectivity index (χ1v) is 11.9. The van der Waals surface area contributed by atoms with Gasteiger partial charge >= 0.3 is 12.2 Å². The molecular formula is C25H29ClF3N3O. The SMILES string of the molecule is O=C(Nc1ccc(C(F)(F)F)cc1)N[C@@H]1CCC[C@H]1N1CCC(Cc2ccc(Cl)cc2)CC1. The molecule has 2 aromatic carbocycles. The van der Waals surface area contributed by atoms with Crippen molar-refractivity contribution in [3.8, 4) is 0 Å². The zero-order chi connectivity index (χ0) is 23.4. The van der Waals surface area contributed by atoms with Crippen LogP contribution in [0.1, 0.15) is 43.2 Å². The van der Waals surface area contributed by atoms with Gasteiger partial charge in [0.1, 0.15) is 0 Å². The summed E-state index contributed by atoms with van der Waals surface area (Å²) in [6, 6.07) is 12.6. The maximum Gasteiger partial charge on any atom is 0.416 e. The number of benzene rings is 2. The van der Waals surface area contributed by atoms with Gasteiger partial charge in [0.2, 0.25) is 0 Å². The Morgan fingerprint density at radius 3 is 2.27 bits per heavy atom. The number of carbonyl (C=O) groups is 1. The fraction of sp³-hybridized carbons (Fsp3) is 0.480. The molecule has 1 heterocycles. The van der Waals surface area contributed by atoms with E-state index in [2.05, 4.69) is 27.7 Å². The first-order valence-electron chi connectivity index (χ1n) is 11.5. The third-order valence-electron chi connectivity index (χ3n) is 6.82. The van der Waals surface area contributed by atoms with Crippen LogP contribution in [0.5, 0.6) is 0 Å². The summed E-state index contributed by atoms with van der Waals surface area (Å²) in [6.07, 6.45) is 1.95. The van der Waals surface area contributed by atoms with Crippen LogP contribution in [0.15, 0.2) is 48.5 Å². The smallest absolute Gasteiger partial charge is 0.334 e. The van der Waals surface area contributed by atoms with Crippen molar-refractivity contribution in [3.63, 3.8) is 0 Å². The highest BCUT2D eigenvalue weighted by atomic mass is 35.5. The van der Waals surface area contributed by atoms with E-state index >= 15 is 0 Å². The Morgan fingerprint density at radius 1 is 0.970 bits per heavy atom. The van der Waals surface area contributed by atoms with Gasteiger partial charge < -0.3 is 10.6 Å². The van der Waals surface area contributed by atoms with Crippen LogP contribution >= 0.6 is 11.6 Å². The van der Waals surface area contributed by atoms with E-state index < -0.39 is 11.7 Å². The predicted octanol–water partition coefficient (Wildman–Crippen LogP) is 6.36. The van der Waals surface area contributed by atoms with Crippen molar-refractivity contribution < 1.29 is 18.0 Å². The topological polar surface area (TPSA) is 44.4 Å². The van der Waals surface area contributed by atoms with Gasteiger partial charge in [0, 0.05) is 22.8 Å². The van der Waals surface area contributed by atoms with E-state index in [-0.39, 0.29) is 12.1 Å². The Morgan fingerprint density at radius 2 is 1.64 bits per heavy atom. The van der Waals surface area contributed by atoms with Crippen LogP contribution in [-0.2, 0) is 12.6 Å². The lowest BCUT2D eigenvalue weighted by Gasteiger charge is -2.38. The van der Waals surface area contributed by atoms with Gasteiger partial charge in [0.25, 0.3) is 0 Å². The minimum atomic E-state index is -4.39. The third-order valence-corrected chi connectivity index (χ3v) is 7.07. The van der Waals surface area contributed by atoms with Crippen molar-refractivity contribution >= 4 is 23.3 Å². The average molecular weight is 480 g/mol. The molecule has 2 fully saturated rings. The minimum Gasteiger partial charge on any atom is -0.334 e. The lowest BCUT2D eigenvalue weighted by atomic mass is 9.89. The quantitative estimate of drug-likeness (QED) is 0.524. The van der Waals surface area contributed by atoms with Gasteiger partial charge in [0.05, 0.1) is 5.56 Å². The van der Waals surface area contributed by atoms with Gasteiger partial charge in [-0.2, -0.15) is 13.2 Å². The molecule has 2 aliphatic rings. The molecule has 178 valence electrons. The Bertz CT molecular complexity index is 925. The summed E-state index contributed by atoms with van der Waals surface area (Å²) in [5.41, 5.74) is 0.931. The van der Waals surface area contributed by atoms with Crippen LogP contribution in [-0.4, -0.2) is 36.1 Å². The Hall–Kier alpha value is -2.25. The molecule has 1 saturated carbocycles. The molecule has 1 aliphatic heterocycles. The summed E-state index contributed by atoms with van der Waals surface area (Å²) < 4.78 is 38.1. The van der Waals surface area contributed by atoms with Crippen molar-refractivity contribution in [2.45, 2.75) is 56.8 Å². The molecule has 2 N–H and O–H groups in total. The molecule has 2 amide bonds. The van der Waals surface area contributed by atoms with Gasteiger partial charge in [-0.15, -0.1) is 0 Å². The van der Waals surface area contributed by atoms with Crippen molar-refractivity contribution in [2.24, 2.45) is 5.92 Å². The largest absolute Gasteiger partial charge is 0.416 e. The van der Waals surface area contributed by atoms with Crippen molar-refractivity contribution in [3.05, 3.63) is 64.7 Å². The molecule has 0 radical (unpaired) electrons. The second-order valence-electron chi connectivity index (χ2n) is 9.09. The lowest BCUT2D eigenvalue weighted by Crippen LogP contribution is -2.52. The number of urea groups is 1. The Kier molecular flexibility index (Phi) is 7.49. The van der Waals surface area contributed by atoms with Crippen LogP contribution < -0.4 is 10.6 Å². The van der Waals surface area contributed by atoms with Gasteiger partial charge in [-0.25, -0.2) is 4.79 Å². The molecule has 1 saturated heterocycles. The zero-order valence-electron chi connectivity index (χ0n) is 18.4. The number of hydrogen-bond acceptors (Lipinski definition) is 2. The second kappa shape index (κ2) is 10.3. The fourth-order valence-electron chi connectivity index (χ4n) is 5.07. The summed E-state index contributed by atoms with van der Waals surface area (Å²) in [5.74, 6) is 0.651. The fourth-order valence-corrected chi connectivity index (χ4v) is 5.19. The molecule has 33 heavy (non-hydrogen) atoms. The first kappa shape index (κ1) is 23.9. The number of halogens is 4. The molecule has 2 aromatic rings. The molecule has 0 bridgehead atoms. The van der Waals surface area contributed by atoms with E-state index in [9.17, 15) is 18.0 Å². The number of alkyl halides is 3. The van der Waals surface area contributed by atoms with E-state index in [1.807, 2.05) is 12.1 Å². The summed E-state index contributed by atoms with van der Waals surface area (Å²) in [7, 11) is 0. The van der Waals surface area contributed by atoms with E-state index in [1.54, 1.807) is 0 Å². The summed E-state index contributed by atoms with van der Waals surface area (Å²) in [6.45, 7) is 2.03. The number of nitrogens with zero attached hydrogens (tertiary/aromatic N) is 1. The number of hydrogen-bond donors (Lipinski definition) is 2. The van der Waals surface area contributed by atoms with Crippen LogP contribution in [0.3, 0.4) is 0 Å². The van der Waals surface area contributed by atoms with E-state index in [0.717, 1.165) is 68.8 Å². The molecule has 0 aromatic heterocycles. The van der Waals surface area contributed by atoms with Crippen LogP contribution in [0, 0.1) is 5.92 Å². The monoisotopic (exact) mass is 479 g/mol. The molecule has 2 atom stereocenters. The number of rotatable bonds is 5. The predicted molar refractivity (Wildman–Crippen MR) is 124 cm³/mol. The zero-order valence-corrected chi connectivity index (χ0v) is 19.1. The number of nitrogens with one attached hydrogen (secondary N) is 2. The van der Waals surface area contributed by atoms with Crippen molar-refractivity contribution in [1.82, 2.24) is 10.2 Å². The standard InChI is InChI=1S/C25H29ClF3N3O/c26-20-8-4-17(5-9-20)16-18-12-14-32(15-13-18)23-3-1-2-22(23)31-24(33)30-21-10-6-19(7-11-21)25(27,28)29/h4-11,18,22-23H,1-3,12-16H2,(H2,30,31,33)/t22-,23-/m1/s1. The van der Waals surface area contributed by atoms with Crippen LogP contribution in [0.25, 0.3) is 0 Å². The van der Waals surface area contributed by atoms with Crippen LogP contribution in [0.4, 0.5) is 23.7 Å². The van der Waals surface area contributed by atoms with Gasteiger partial charge in [-0.1, -0.05) is 23.7 Å².